The summed E-state index contributed by atoms with van der Waals surface area (Å²) in [6.07, 6.45) is 1.95. The normalized spacial score (nSPS) is 14.3. The van der Waals surface area contributed by atoms with Crippen LogP contribution in [0.15, 0.2) is 35.8 Å². The third-order valence-electron chi connectivity index (χ3n) is 2.95. The molecule has 1 aromatic heterocycles. The minimum absolute atomic E-state index is 0.128. The van der Waals surface area contributed by atoms with Crippen molar-refractivity contribution < 1.29 is 9.50 Å². The van der Waals surface area contributed by atoms with Gasteiger partial charge in [0.25, 0.3) is 0 Å². The lowest BCUT2D eigenvalue weighted by atomic mass is 10.1. The topological polar surface area (TPSA) is 45.1 Å². The van der Waals surface area contributed by atoms with Crippen molar-refractivity contribution in [2.75, 3.05) is 6.54 Å². The van der Waals surface area contributed by atoms with Crippen LogP contribution in [0.1, 0.15) is 36.1 Å². The minimum Gasteiger partial charge on any atom is -0.387 e. The van der Waals surface area contributed by atoms with Gasteiger partial charge in [-0.3, -0.25) is 0 Å². The lowest BCUT2D eigenvalue weighted by molar-refractivity contribution is 0.169. The summed E-state index contributed by atoms with van der Waals surface area (Å²) in [6.45, 7) is 2.44. The molecule has 0 spiro atoms. The van der Waals surface area contributed by atoms with Crippen molar-refractivity contribution in [1.29, 1.82) is 0 Å². The fourth-order valence-electron chi connectivity index (χ4n) is 1.90. The summed E-state index contributed by atoms with van der Waals surface area (Å²) < 4.78 is 13.1. The molecule has 5 heteroatoms. The number of nitrogens with one attached hydrogen (secondary N) is 1. The second-order valence-electron chi connectivity index (χ2n) is 4.31. The quantitative estimate of drug-likeness (QED) is 0.855. The zero-order valence-electron chi connectivity index (χ0n) is 10.7. The molecule has 2 N–H and O–H groups in total. The van der Waals surface area contributed by atoms with Crippen molar-refractivity contribution in [3.63, 3.8) is 0 Å². The summed E-state index contributed by atoms with van der Waals surface area (Å²) in [5, 5.41) is 16.2. The molecule has 0 radical (unpaired) electrons. The Hall–Kier alpha value is -1.30. The van der Waals surface area contributed by atoms with Crippen molar-refractivity contribution in [3.8, 4) is 0 Å². The maximum atomic E-state index is 13.1. The molecule has 3 nitrogen and oxygen atoms in total. The molecule has 102 valence electrons. The molecule has 0 aliphatic carbocycles. The number of benzene rings is 1. The lowest BCUT2D eigenvalue weighted by Gasteiger charge is -2.18. The van der Waals surface area contributed by atoms with Gasteiger partial charge in [0.1, 0.15) is 10.8 Å². The molecule has 19 heavy (non-hydrogen) atoms. The maximum Gasteiger partial charge on any atom is 0.123 e. The van der Waals surface area contributed by atoms with Crippen molar-refractivity contribution in [1.82, 2.24) is 10.3 Å². The smallest absolute Gasteiger partial charge is 0.123 e. The number of aromatic nitrogens is 1. The number of hydrogen-bond donors (Lipinski definition) is 2. The third kappa shape index (κ3) is 3.83. The first-order valence-electron chi connectivity index (χ1n) is 6.27. The van der Waals surface area contributed by atoms with Crippen molar-refractivity contribution >= 4 is 11.3 Å². The molecule has 1 heterocycles. The first-order valence-corrected chi connectivity index (χ1v) is 7.15. The average molecular weight is 280 g/mol. The summed E-state index contributed by atoms with van der Waals surface area (Å²) in [4.78, 5) is 4.27. The SMILES string of the molecule is CCC(NCC(O)c1cccc(F)c1)c1nccs1. The van der Waals surface area contributed by atoms with E-state index in [-0.39, 0.29) is 11.9 Å². The monoisotopic (exact) mass is 280 g/mol. The molecule has 0 bridgehead atoms. The summed E-state index contributed by atoms with van der Waals surface area (Å²) in [7, 11) is 0. The largest absolute Gasteiger partial charge is 0.387 e. The van der Waals surface area contributed by atoms with E-state index in [1.807, 2.05) is 5.38 Å². The summed E-state index contributed by atoms with van der Waals surface area (Å²) in [6, 6.07) is 6.18. The Balaban J connectivity index is 1.94. The van der Waals surface area contributed by atoms with Gasteiger partial charge in [0.2, 0.25) is 0 Å². The van der Waals surface area contributed by atoms with E-state index in [9.17, 15) is 9.50 Å². The van der Waals surface area contributed by atoms with Crippen LogP contribution in [0.25, 0.3) is 0 Å². The Morgan fingerprint density at radius 3 is 2.95 bits per heavy atom. The van der Waals surface area contributed by atoms with E-state index in [4.69, 9.17) is 0 Å². The van der Waals surface area contributed by atoms with E-state index in [1.54, 1.807) is 29.7 Å². The van der Waals surface area contributed by atoms with Crippen molar-refractivity contribution in [3.05, 3.63) is 52.2 Å². The summed E-state index contributed by atoms with van der Waals surface area (Å²) in [5.74, 6) is -0.330. The second kappa shape index (κ2) is 6.75. The highest BCUT2D eigenvalue weighted by Gasteiger charge is 2.14. The van der Waals surface area contributed by atoms with E-state index >= 15 is 0 Å². The minimum atomic E-state index is -0.718. The van der Waals surface area contributed by atoms with Gasteiger partial charge in [-0.1, -0.05) is 19.1 Å². The van der Waals surface area contributed by atoms with Crippen LogP contribution in [0.4, 0.5) is 4.39 Å². The average Bonchev–Trinajstić information content (AvgIpc) is 2.93. The Morgan fingerprint density at radius 2 is 2.32 bits per heavy atom. The molecule has 0 saturated carbocycles. The first-order chi connectivity index (χ1) is 9.20. The highest BCUT2D eigenvalue weighted by molar-refractivity contribution is 7.09. The van der Waals surface area contributed by atoms with Crippen LogP contribution < -0.4 is 5.32 Å². The van der Waals surface area contributed by atoms with Crippen LogP contribution in [-0.2, 0) is 0 Å². The third-order valence-corrected chi connectivity index (χ3v) is 3.84. The van der Waals surface area contributed by atoms with E-state index in [0.717, 1.165) is 11.4 Å². The Morgan fingerprint density at radius 1 is 1.47 bits per heavy atom. The van der Waals surface area contributed by atoms with Gasteiger partial charge in [0.15, 0.2) is 0 Å². The number of thiazole rings is 1. The molecular formula is C14H17FN2OS. The second-order valence-corrected chi connectivity index (χ2v) is 5.24. The fourth-order valence-corrected chi connectivity index (χ4v) is 2.70. The van der Waals surface area contributed by atoms with E-state index in [1.165, 1.54) is 12.1 Å². The lowest BCUT2D eigenvalue weighted by Crippen LogP contribution is -2.26. The van der Waals surface area contributed by atoms with Gasteiger partial charge in [-0.2, -0.15) is 0 Å². The Kier molecular flexibility index (Phi) is 5.01. The number of rotatable bonds is 6. The fraction of sp³-hybridized carbons (Fsp3) is 0.357. The van der Waals surface area contributed by atoms with Gasteiger partial charge < -0.3 is 10.4 Å². The Labute approximate surface area is 116 Å². The molecule has 0 aliphatic heterocycles. The van der Waals surface area contributed by atoms with Gasteiger partial charge in [-0.15, -0.1) is 11.3 Å². The number of nitrogens with zero attached hydrogens (tertiary/aromatic N) is 1. The zero-order valence-corrected chi connectivity index (χ0v) is 11.5. The number of aliphatic hydroxyl groups is 1. The zero-order chi connectivity index (χ0) is 13.7. The Bertz CT molecular complexity index is 504. The van der Waals surface area contributed by atoms with Crippen LogP contribution in [0, 0.1) is 5.82 Å². The van der Waals surface area contributed by atoms with Gasteiger partial charge in [0, 0.05) is 18.1 Å². The van der Waals surface area contributed by atoms with Crippen molar-refractivity contribution in [2.45, 2.75) is 25.5 Å². The van der Waals surface area contributed by atoms with Gasteiger partial charge in [-0.05, 0) is 24.1 Å². The van der Waals surface area contributed by atoms with Crippen molar-refractivity contribution in [2.24, 2.45) is 0 Å². The molecule has 2 rings (SSSR count). The van der Waals surface area contributed by atoms with Crippen LogP contribution in [0.3, 0.4) is 0 Å². The first kappa shape index (κ1) is 14.1. The predicted molar refractivity (Wildman–Crippen MR) is 74.5 cm³/mol. The van der Waals surface area contributed by atoms with E-state index in [2.05, 4.69) is 17.2 Å². The highest BCUT2D eigenvalue weighted by Crippen LogP contribution is 2.20. The van der Waals surface area contributed by atoms with Crippen LogP contribution in [0.5, 0.6) is 0 Å². The molecule has 2 unspecified atom stereocenters. The number of hydrogen-bond acceptors (Lipinski definition) is 4. The number of aliphatic hydroxyl groups excluding tert-OH is 1. The van der Waals surface area contributed by atoms with Gasteiger partial charge in [0.05, 0.1) is 12.1 Å². The number of halogens is 1. The van der Waals surface area contributed by atoms with Crippen LogP contribution in [0.2, 0.25) is 0 Å². The molecular weight excluding hydrogens is 263 g/mol. The molecule has 0 amide bonds. The molecule has 2 atom stereocenters. The van der Waals surface area contributed by atoms with Crippen LogP contribution in [-0.4, -0.2) is 16.6 Å². The van der Waals surface area contributed by atoms with Gasteiger partial charge in [-0.25, -0.2) is 9.37 Å². The molecule has 0 fully saturated rings. The van der Waals surface area contributed by atoms with E-state index in [0.29, 0.717) is 12.1 Å². The van der Waals surface area contributed by atoms with Gasteiger partial charge >= 0.3 is 0 Å². The molecule has 2 aromatic rings. The molecule has 0 aliphatic rings. The predicted octanol–water partition coefficient (Wildman–Crippen LogP) is 3.06. The standard InChI is InChI=1S/C14H17FN2OS/c1-2-12(14-16-6-7-19-14)17-9-13(18)10-4-3-5-11(15)8-10/h3-8,12-13,17-18H,2,9H2,1H3. The summed E-state index contributed by atoms with van der Waals surface area (Å²) >= 11 is 1.59. The molecule has 1 aromatic carbocycles. The van der Waals surface area contributed by atoms with Crippen LogP contribution >= 0.6 is 11.3 Å². The maximum absolute atomic E-state index is 13.1. The molecule has 0 saturated heterocycles. The van der Waals surface area contributed by atoms with E-state index < -0.39 is 6.10 Å². The summed E-state index contributed by atoms with van der Waals surface area (Å²) in [5.41, 5.74) is 0.585. The highest BCUT2D eigenvalue weighted by atomic mass is 32.1.